The summed E-state index contributed by atoms with van der Waals surface area (Å²) in [6.45, 7) is 1.46. The molecule has 0 aliphatic rings. The minimum atomic E-state index is -0.324. The van der Waals surface area contributed by atoms with Crippen LogP contribution in [-0.4, -0.2) is 58.4 Å². The highest BCUT2D eigenvalue weighted by Crippen LogP contribution is 2.31. The number of hydrogen-bond donors (Lipinski definition) is 2. The highest BCUT2D eigenvalue weighted by atomic mass is 32.1. The smallest absolute Gasteiger partial charge is 0.260 e. The Morgan fingerprint density at radius 3 is 1.57 bits per heavy atom. The second kappa shape index (κ2) is 12.7. The van der Waals surface area contributed by atoms with Gasteiger partial charge < -0.3 is 20.3 Å². The molecular weight excluding hydrogens is 552 g/mol. The lowest BCUT2D eigenvalue weighted by molar-refractivity contribution is 0.0986. The van der Waals surface area contributed by atoms with E-state index in [0.717, 1.165) is 0 Å². The van der Waals surface area contributed by atoms with Crippen LogP contribution in [0.2, 0.25) is 0 Å². The van der Waals surface area contributed by atoms with Gasteiger partial charge in [-0.1, -0.05) is 28.7 Å². The van der Waals surface area contributed by atoms with Gasteiger partial charge in [0.1, 0.15) is 0 Å². The summed E-state index contributed by atoms with van der Waals surface area (Å²) < 4.78 is 10.8. The van der Waals surface area contributed by atoms with Crippen molar-refractivity contribution in [2.75, 3.05) is 36.0 Å². The van der Waals surface area contributed by atoms with Crippen LogP contribution in [0.5, 0.6) is 0 Å². The number of benzene rings is 1. The van der Waals surface area contributed by atoms with E-state index in [4.69, 9.17) is 20.3 Å². The Bertz CT molecular complexity index is 1440. The Labute approximate surface area is 237 Å². The third-order valence-electron chi connectivity index (χ3n) is 5.77. The summed E-state index contributed by atoms with van der Waals surface area (Å²) in [5, 5.41) is 18.7. The Hall–Kier alpha value is -4.24. The molecule has 2 amide bonds. The van der Waals surface area contributed by atoms with E-state index in [1.165, 1.54) is 32.5 Å². The van der Waals surface area contributed by atoms with Gasteiger partial charge in [-0.3, -0.25) is 19.4 Å². The zero-order valence-corrected chi connectivity index (χ0v) is 22.9. The maximum absolute atomic E-state index is 13.7. The molecule has 0 spiro atoms. The number of carbonyl (C=O) groups is 2. The molecule has 0 fully saturated rings. The molecule has 4 N–H and O–H groups in total. The third-order valence-corrected chi connectivity index (χ3v) is 7.69. The minimum Gasteiger partial charge on any atom is -0.462 e. The number of aromatic nitrogens is 4. The first-order chi connectivity index (χ1) is 19.6. The van der Waals surface area contributed by atoms with Gasteiger partial charge in [-0.05, 0) is 68.4 Å². The van der Waals surface area contributed by atoms with Crippen molar-refractivity contribution in [3.05, 3.63) is 72.2 Å². The van der Waals surface area contributed by atoms with E-state index in [1.54, 1.807) is 61.1 Å². The van der Waals surface area contributed by atoms with Crippen LogP contribution in [0.25, 0.3) is 21.5 Å². The van der Waals surface area contributed by atoms with E-state index in [1.807, 2.05) is 0 Å². The fourth-order valence-electron chi connectivity index (χ4n) is 3.81. The Morgan fingerprint density at radius 2 is 1.18 bits per heavy atom. The zero-order valence-electron chi connectivity index (χ0n) is 21.3. The van der Waals surface area contributed by atoms with Crippen molar-refractivity contribution in [3.63, 3.8) is 0 Å². The lowest BCUT2D eigenvalue weighted by atomic mass is 10.1. The van der Waals surface area contributed by atoms with Gasteiger partial charge in [0, 0.05) is 24.2 Å². The van der Waals surface area contributed by atoms with Crippen LogP contribution in [0.3, 0.4) is 0 Å². The second-order valence-corrected chi connectivity index (χ2v) is 10.4. The SMILES string of the molecule is NCCCN(C(=O)c1cccc(C(=O)N(CCCN)c2nnc(-c3ccco3)s2)c1)c1nnc(-c2ccco2)s1. The number of nitrogens with zero attached hydrogens (tertiary/aromatic N) is 6. The average Bonchev–Trinajstić information content (AvgIpc) is 3.80. The molecule has 0 aliphatic heterocycles. The van der Waals surface area contributed by atoms with Crippen molar-refractivity contribution < 1.29 is 18.4 Å². The molecule has 0 radical (unpaired) electrons. The molecule has 12 nitrogen and oxygen atoms in total. The fraction of sp³-hybridized carbons (Fsp3) is 0.231. The Kier molecular flexibility index (Phi) is 8.71. The van der Waals surface area contributed by atoms with Crippen molar-refractivity contribution >= 4 is 44.8 Å². The molecule has 5 aromatic rings. The topological polar surface area (TPSA) is 170 Å². The lowest BCUT2D eigenvalue weighted by Crippen LogP contribution is -2.34. The first kappa shape index (κ1) is 27.3. The number of rotatable bonds is 12. The maximum Gasteiger partial charge on any atom is 0.260 e. The third kappa shape index (κ3) is 5.99. The summed E-state index contributed by atoms with van der Waals surface area (Å²) in [4.78, 5) is 30.4. The fourth-order valence-corrected chi connectivity index (χ4v) is 5.49. The molecule has 0 unspecified atom stereocenters. The largest absolute Gasteiger partial charge is 0.462 e. The van der Waals surface area contributed by atoms with Crippen LogP contribution in [0, 0.1) is 0 Å². The van der Waals surface area contributed by atoms with Gasteiger partial charge in [-0.15, -0.1) is 20.4 Å². The highest BCUT2D eigenvalue weighted by molar-refractivity contribution is 7.19. The normalized spacial score (nSPS) is 11.1. The average molecular weight is 579 g/mol. The van der Waals surface area contributed by atoms with Gasteiger partial charge in [0.25, 0.3) is 11.8 Å². The minimum absolute atomic E-state index is 0.324. The van der Waals surface area contributed by atoms with Crippen LogP contribution in [-0.2, 0) is 0 Å². The summed E-state index contributed by atoms with van der Waals surface area (Å²) in [5.41, 5.74) is 12.1. The summed E-state index contributed by atoms with van der Waals surface area (Å²) in [6, 6.07) is 13.6. The number of carbonyl (C=O) groups excluding carboxylic acids is 2. The predicted molar refractivity (Wildman–Crippen MR) is 152 cm³/mol. The summed E-state index contributed by atoms with van der Waals surface area (Å²) in [6.07, 6.45) is 4.21. The molecule has 0 saturated carbocycles. The highest BCUT2D eigenvalue weighted by Gasteiger charge is 2.26. The number of hydrogen-bond acceptors (Lipinski definition) is 12. The molecule has 1 aromatic carbocycles. The standard InChI is InChI=1S/C26H26N8O4S2/c27-10-4-12-33(25-31-29-21(39-25)19-8-2-14-37-19)23(35)17-6-1-7-18(16-17)24(36)34(13-5-11-28)26-32-30-22(40-26)20-9-3-15-38-20/h1-3,6-9,14-16H,4-5,10-13,27-28H2. The molecule has 4 aromatic heterocycles. The van der Waals surface area contributed by atoms with Crippen molar-refractivity contribution in [1.29, 1.82) is 0 Å². The van der Waals surface area contributed by atoms with Gasteiger partial charge in [-0.2, -0.15) is 0 Å². The van der Waals surface area contributed by atoms with Crippen LogP contribution >= 0.6 is 22.7 Å². The van der Waals surface area contributed by atoms with Crippen LogP contribution in [0.15, 0.2) is 69.9 Å². The molecule has 4 heterocycles. The van der Waals surface area contributed by atoms with E-state index < -0.39 is 0 Å². The first-order valence-corrected chi connectivity index (χ1v) is 14.1. The molecular formula is C26H26N8O4S2. The Balaban J connectivity index is 1.41. The van der Waals surface area contributed by atoms with Crippen molar-refractivity contribution in [2.45, 2.75) is 12.8 Å². The lowest BCUT2D eigenvalue weighted by Gasteiger charge is -2.21. The quantitative estimate of drug-likeness (QED) is 0.221. The van der Waals surface area contributed by atoms with Crippen LogP contribution in [0.4, 0.5) is 10.3 Å². The van der Waals surface area contributed by atoms with E-state index in [-0.39, 0.29) is 11.8 Å². The van der Waals surface area contributed by atoms with Gasteiger partial charge in [-0.25, -0.2) is 0 Å². The van der Waals surface area contributed by atoms with E-state index in [0.29, 0.717) is 81.9 Å². The molecule has 0 bridgehead atoms. The van der Waals surface area contributed by atoms with Crippen LogP contribution < -0.4 is 21.3 Å². The monoisotopic (exact) mass is 578 g/mol. The molecule has 0 saturated heterocycles. The van der Waals surface area contributed by atoms with Gasteiger partial charge in [0.2, 0.25) is 10.3 Å². The summed E-state index contributed by atoms with van der Waals surface area (Å²) in [7, 11) is 0. The van der Waals surface area contributed by atoms with E-state index in [9.17, 15) is 9.59 Å². The predicted octanol–water partition coefficient (Wildman–Crippen LogP) is 3.90. The summed E-state index contributed by atoms with van der Waals surface area (Å²) in [5.74, 6) is 0.476. The second-order valence-electron chi connectivity index (χ2n) is 8.51. The van der Waals surface area contributed by atoms with Gasteiger partial charge in [0.15, 0.2) is 21.5 Å². The molecule has 0 aliphatic carbocycles. The number of amides is 2. The van der Waals surface area contributed by atoms with Crippen molar-refractivity contribution in [1.82, 2.24) is 20.4 Å². The molecule has 14 heteroatoms. The molecule has 5 rings (SSSR count). The summed E-state index contributed by atoms with van der Waals surface area (Å²) >= 11 is 2.47. The first-order valence-electron chi connectivity index (χ1n) is 12.5. The number of anilines is 2. The molecule has 40 heavy (non-hydrogen) atoms. The van der Waals surface area contributed by atoms with Gasteiger partial charge >= 0.3 is 0 Å². The van der Waals surface area contributed by atoms with E-state index in [2.05, 4.69) is 20.4 Å². The number of furan rings is 2. The molecule has 0 atom stereocenters. The maximum atomic E-state index is 13.7. The van der Waals surface area contributed by atoms with E-state index >= 15 is 0 Å². The van der Waals surface area contributed by atoms with Crippen LogP contribution in [0.1, 0.15) is 33.6 Å². The number of nitrogens with two attached hydrogens (primary N) is 2. The zero-order chi connectivity index (χ0) is 27.9. The molecule has 206 valence electrons. The Morgan fingerprint density at radius 1 is 0.700 bits per heavy atom. The van der Waals surface area contributed by atoms with Crippen molar-refractivity contribution in [3.8, 4) is 21.5 Å². The van der Waals surface area contributed by atoms with Gasteiger partial charge in [0.05, 0.1) is 12.5 Å². The van der Waals surface area contributed by atoms with Crippen molar-refractivity contribution in [2.24, 2.45) is 11.5 Å².